The fourth-order valence-electron chi connectivity index (χ4n) is 5.14. The van der Waals surface area contributed by atoms with Gasteiger partial charge in [0, 0.05) is 79.4 Å². The molecule has 2 aromatic carbocycles. The number of rotatable bonds is 7. The minimum Gasteiger partial charge on any atom is -0.382 e. The number of carbonyl (C=O) groups is 1. The van der Waals surface area contributed by atoms with E-state index in [4.69, 9.17) is 4.74 Å². The van der Waals surface area contributed by atoms with Crippen LogP contribution in [0.1, 0.15) is 29.5 Å². The molecule has 0 spiro atoms. The fourth-order valence-corrected chi connectivity index (χ4v) is 6.18. The first kappa shape index (κ1) is 31.6. The molecule has 3 heterocycles. The molecule has 234 valence electrons. The monoisotopic (exact) mass is 637 g/mol. The van der Waals surface area contributed by atoms with Crippen molar-refractivity contribution in [2.45, 2.75) is 41.0 Å². The van der Waals surface area contributed by atoms with E-state index in [1.165, 1.54) is 17.3 Å². The van der Waals surface area contributed by atoms with Crippen LogP contribution in [-0.4, -0.2) is 66.2 Å². The number of aromatic nitrogens is 2. The van der Waals surface area contributed by atoms with E-state index in [0.29, 0.717) is 54.5 Å². The van der Waals surface area contributed by atoms with Gasteiger partial charge in [-0.15, -0.1) is 0 Å². The molecule has 0 unspecified atom stereocenters. The van der Waals surface area contributed by atoms with Gasteiger partial charge in [0.1, 0.15) is 5.82 Å². The van der Waals surface area contributed by atoms with Crippen molar-refractivity contribution < 1.29 is 35.9 Å². The molecule has 2 fully saturated rings. The van der Waals surface area contributed by atoms with Crippen LogP contribution in [-0.2, 0) is 21.9 Å². The zero-order valence-corrected chi connectivity index (χ0v) is 24.2. The molecule has 7 nitrogen and oxygen atoms in total. The number of anilines is 2. The number of carbonyl (C=O) groups excluding carboxylic acids is 1. The minimum absolute atomic E-state index is 0.127. The standard InChI is InChI=1S/C30H29F6N5O2S/c31-29(32,33)27-20(5-7-26(42)41-14-12-40(13-15-41)25-19-37-10-11-38-25)4-6-24(28(27)30(34,35)36)44-23-3-1-2-22(18-23)39-21-8-16-43-17-9-21/h1-7,10-11,18-19,21,39H,8-9,12-17H2/b7-5+. The second-order valence-corrected chi connectivity index (χ2v) is 11.4. The number of piperazine rings is 1. The van der Waals surface area contributed by atoms with Crippen molar-refractivity contribution in [3.05, 3.63) is 77.8 Å². The predicted octanol–water partition coefficient (Wildman–Crippen LogP) is 6.62. The van der Waals surface area contributed by atoms with Gasteiger partial charge < -0.3 is 19.9 Å². The van der Waals surface area contributed by atoms with Gasteiger partial charge in [0.2, 0.25) is 5.91 Å². The maximum absolute atomic E-state index is 14.3. The van der Waals surface area contributed by atoms with Crippen molar-refractivity contribution >= 4 is 35.3 Å². The Morgan fingerprint density at radius 1 is 0.955 bits per heavy atom. The third-order valence-electron chi connectivity index (χ3n) is 7.29. The van der Waals surface area contributed by atoms with Crippen molar-refractivity contribution in [2.75, 3.05) is 49.6 Å². The third kappa shape index (κ3) is 7.83. The lowest BCUT2D eigenvalue weighted by atomic mass is 9.99. The molecule has 5 rings (SSSR count). The number of amides is 1. The van der Waals surface area contributed by atoms with E-state index < -0.39 is 39.8 Å². The van der Waals surface area contributed by atoms with Crippen molar-refractivity contribution in [2.24, 2.45) is 0 Å². The van der Waals surface area contributed by atoms with Crippen LogP contribution in [0.3, 0.4) is 0 Å². The van der Waals surface area contributed by atoms with Crippen LogP contribution in [0.5, 0.6) is 0 Å². The summed E-state index contributed by atoms with van der Waals surface area (Å²) >= 11 is 0.604. The predicted molar refractivity (Wildman–Crippen MR) is 154 cm³/mol. The Morgan fingerprint density at radius 3 is 2.34 bits per heavy atom. The molecular weight excluding hydrogens is 608 g/mol. The van der Waals surface area contributed by atoms with Crippen molar-refractivity contribution in [3.63, 3.8) is 0 Å². The topological polar surface area (TPSA) is 70.6 Å². The Kier molecular flexibility index (Phi) is 9.68. The molecule has 0 bridgehead atoms. The summed E-state index contributed by atoms with van der Waals surface area (Å²) in [6, 6.07) is 8.67. The van der Waals surface area contributed by atoms with Gasteiger partial charge >= 0.3 is 12.4 Å². The van der Waals surface area contributed by atoms with Crippen LogP contribution in [0.2, 0.25) is 0 Å². The van der Waals surface area contributed by atoms with E-state index in [0.717, 1.165) is 37.1 Å². The number of benzene rings is 2. The summed E-state index contributed by atoms with van der Waals surface area (Å²) in [5.41, 5.74) is -3.70. The number of nitrogens with one attached hydrogen (secondary N) is 1. The van der Waals surface area contributed by atoms with Crippen LogP contribution in [0.4, 0.5) is 37.8 Å². The van der Waals surface area contributed by atoms with Gasteiger partial charge in [0.05, 0.1) is 17.3 Å². The van der Waals surface area contributed by atoms with Gasteiger partial charge in [-0.05, 0) is 48.7 Å². The zero-order valence-electron chi connectivity index (χ0n) is 23.4. The number of nitrogens with zero attached hydrogens (tertiary/aromatic N) is 4. The highest BCUT2D eigenvalue weighted by Gasteiger charge is 2.46. The highest BCUT2D eigenvalue weighted by molar-refractivity contribution is 7.99. The van der Waals surface area contributed by atoms with Gasteiger partial charge in [-0.3, -0.25) is 9.78 Å². The molecule has 14 heteroatoms. The molecule has 1 amide bonds. The van der Waals surface area contributed by atoms with E-state index in [1.807, 2.05) is 4.90 Å². The molecular formula is C30H29F6N5O2S. The molecule has 1 aromatic heterocycles. The number of hydrogen-bond donors (Lipinski definition) is 1. The van der Waals surface area contributed by atoms with Gasteiger partial charge in [-0.25, -0.2) is 4.98 Å². The second-order valence-electron chi connectivity index (χ2n) is 10.3. The van der Waals surface area contributed by atoms with E-state index in [9.17, 15) is 31.1 Å². The molecule has 0 radical (unpaired) electrons. The van der Waals surface area contributed by atoms with Crippen molar-refractivity contribution in [1.82, 2.24) is 14.9 Å². The summed E-state index contributed by atoms with van der Waals surface area (Å²) in [4.78, 5) is 24.1. The molecule has 3 aromatic rings. The fraction of sp³-hybridized carbons (Fsp3) is 0.367. The Labute approximate surface area is 254 Å². The summed E-state index contributed by atoms with van der Waals surface area (Å²) in [6.07, 6.45) is -2.77. The van der Waals surface area contributed by atoms with E-state index >= 15 is 0 Å². The quantitative estimate of drug-likeness (QED) is 0.231. The SMILES string of the molecule is O=C(/C=C/c1ccc(Sc2cccc(NC3CCOCC3)c2)c(C(F)(F)F)c1C(F)(F)F)N1CCN(c2cnccn2)CC1. The molecule has 2 aliphatic heterocycles. The van der Waals surface area contributed by atoms with Crippen molar-refractivity contribution in [1.29, 1.82) is 0 Å². The minimum atomic E-state index is -5.33. The average molecular weight is 638 g/mol. The van der Waals surface area contributed by atoms with Crippen LogP contribution >= 0.6 is 11.8 Å². The zero-order chi connectivity index (χ0) is 31.3. The van der Waals surface area contributed by atoms with Crippen LogP contribution < -0.4 is 10.2 Å². The van der Waals surface area contributed by atoms with Gasteiger partial charge in [-0.2, -0.15) is 26.3 Å². The number of alkyl halides is 6. The lowest BCUT2D eigenvalue weighted by molar-refractivity contribution is -0.163. The lowest BCUT2D eigenvalue weighted by Crippen LogP contribution is -2.48. The van der Waals surface area contributed by atoms with Gasteiger partial charge in [-0.1, -0.05) is 23.9 Å². The molecule has 1 N–H and O–H groups in total. The Hall–Kier alpha value is -3.78. The largest absolute Gasteiger partial charge is 0.418 e. The normalized spacial score (nSPS) is 16.9. The maximum atomic E-state index is 14.3. The maximum Gasteiger partial charge on any atom is 0.418 e. The van der Waals surface area contributed by atoms with Crippen molar-refractivity contribution in [3.8, 4) is 0 Å². The summed E-state index contributed by atoms with van der Waals surface area (Å²) in [6.45, 7) is 2.54. The number of ether oxygens (including phenoxy) is 1. The lowest BCUT2D eigenvalue weighted by Gasteiger charge is -2.34. The smallest absolute Gasteiger partial charge is 0.382 e. The van der Waals surface area contributed by atoms with Crippen LogP contribution in [0.25, 0.3) is 6.08 Å². The first-order chi connectivity index (χ1) is 21.0. The summed E-state index contributed by atoms with van der Waals surface area (Å²) in [7, 11) is 0. The average Bonchev–Trinajstić information content (AvgIpc) is 3.00. The molecule has 0 atom stereocenters. The van der Waals surface area contributed by atoms with Gasteiger partial charge in [0.25, 0.3) is 0 Å². The summed E-state index contributed by atoms with van der Waals surface area (Å²) < 4.78 is 91.2. The van der Waals surface area contributed by atoms with E-state index in [1.54, 1.807) is 30.5 Å². The van der Waals surface area contributed by atoms with E-state index in [-0.39, 0.29) is 19.1 Å². The summed E-state index contributed by atoms with van der Waals surface area (Å²) in [5, 5.41) is 3.31. The van der Waals surface area contributed by atoms with E-state index in [2.05, 4.69) is 15.3 Å². The number of hydrogen-bond acceptors (Lipinski definition) is 7. The second kappa shape index (κ2) is 13.5. The highest BCUT2D eigenvalue weighted by Crippen LogP contribution is 2.48. The molecule has 2 aliphatic rings. The molecule has 2 saturated heterocycles. The number of halogens is 6. The Morgan fingerprint density at radius 2 is 1.68 bits per heavy atom. The van der Waals surface area contributed by atoms with Gasteiger partial charge in [0.15, 0.2) is 0 Å². The van der Waals surface area contributed by atoms with Crippen LogP contribution in [0, 0.1) is 0 Å². The first-order valence-corrected chi connectivity index (χ1v) is 14.7. The molecule has 0 aliphatic carbocycles. The summed E-state index contributed by atoms with van der Waals surface area (Å²) in [5.74, 6) is 0.0303. The Bertz CT molecular complexity index is 1470. The third-order valence-corrected chi connectivity index (χ3v) is 8.34. The molecule has 0 saturated carbocycles. The Balaban J connectivity index is 1.37. The highest BCUT2D eigenvalue weighted by atomic mass is 32.2. The first-order valence-electron chi connectivity index (χ1n) is 13.9. The van der Waals surface area contributed by atoms with Crippen LogP contribution in [0.15, 0.2) is 70.9 Å². The molecule has 44 heavy (non-hydrogen) atoms.